The molecule has 23 heavy (non-hydrogen) atoms. The highest BCUT2D eigenvalue weighted by molar-refractivity contribution is 7.80. The summed E-state index contributed by atoms with van der Waals surface area (Å²) in [5.74, 6) is 0. The van der Waals surface area contributed by atoms with Gasteiger partial charge in [0.2, 0.25) is 0 Å². The Morgan fingerprint density at radius 3 is 2.83 bits per heavy atom. The minimum Gasteiger partial charge on any atom is -0.364 e. The van der Waals surface area contributed by atoms with Crippen molar-refractivity contribution in [3.8, 4) is 0 Å². The van der Waals surface area contributed by atoms with Crippen molar-refractivity contribution >= 4 is 33.9 Å². The second-order valence-electron chi connectivity index (χ2n) is 5.43. The summed E-state index contributed by atoms with van der Waals surface area (Å²) in [4.78, 5) is 2.18. The van der Waals surface area contributed by atoms with Crippen LogP contribution in [0.4, 0.5) is 5.69 Å². The average Bonchev–Trinajstić information content (AvgIpc) is 3.03. The van der Waals surface area contributed by atoms with Crippen molar-refractivity contribution in [2.45, 2.75) is 19.9 Å². The molecule has 118 valence electrons. The highest BCUT2D eigenvalue weighted by Crippen LogP contribution is 2.18. The minimum atomic E-state index is 0.721. The highest BCUT2D eigenvalue weighted by atomic mass is 32.1. The summed E-state index contributed by atoms with van der Waals surface area (Å²) < 4.78 is 4.97. The second kappa shape index (κ2) is 7.24. The molecule has 0 atom stereocenters. The molecule has 3 aromatic rings. The van der Waals surface area contributed by atoms with E-state index < -0.39 is 0 Å². The molecule has 4 nitrogen and oxygen atoms in total. The third kappa shape index (κ3) is 3.87. The summed E-state index contributed by atoms with van der Waals surface area (Å²) in [7, 11) is 0. The average molecular weight is 325 g/mol. The van der Waals surface area contributed by atoms with Gasteiger partial charge in [-0.05, 0) is 42.4 Å². The summed E-state index contributed by atoms with van der Waals surface area (Å²) >= 11 is 5.60. The van der Waals surface area contributed by atoms with Crippen molar-refractivity contribution in [2.75, 3.05) is 11.9 Å². The Hall–Kier alpha value is -2.40. The first-order chi connectivity index (χ1) is 11.3. The predicted octanol–water partition coefficient (Wildman–Crippen LogP) is 4.44. The number of hydrogen-bond donors (Lipinski definition) is 1. The van der Waals surface area contributed by atoms with E-state index in [4.69, 9.17) is 16.7 Å². The fraction of sp³-hybridized carbons (Fsp3) is 0.222. The van der Waals surface area contributed by atoms with Crippen LogP contribution in [0, 0.1) is 0 Å². The predicted molar refractivity (Wildman–Crippen MR) is 97.4 cm³/mol. The van der Waals surface area contributed by atoms with Crippen LogP contribution in [0.1, 0.15) is 18.9 Å². The van der Waals surface area contributed by atoms with Gasteiger partial charge in [-0.25, -0.2) is 0 Å². The molecule has 0 aliphatic carbocycles. The van der Waals surface area contributed by atoms with E-state index in [9.17, 15) is 0 Å². The Kier molecular flexibility index (Phi) is 4.88. The van der Waals surface area contributed by atoms with Crippen molar-refractivity contribution in [1.82, 2.24) is 10.1 Å². The fourth-order valence-corrected chi connectivity index (χ4v) is 2.74. The molecule has 0 bridgehead atoms. The molecule has 0 radical (unpaired) electrons. The molecule has 0 unspecified atom stereocenters. The zero-order chi connectivity index (χ0) is 16.1. The number of anilines is 1. The van der Waals surface area contributed by atoms with Gasteiger partial charge in [-0.3, -0.25) is 0 Å². The van der Waals surface area contributed by atoms with Crippen LogP contribution < -0.4 is 5.32 Å². The third-order valence-corrected chi connectivity index (χ3v) is 3.97. The van der Waals surface area contributed by atoms with E-state index in [2.05, 4.69) is 46.6 Å². The first-order valence-electron chi connectivity index (χ1n) is 7.70. The molecule has 1 heterocycles. The van der Waals surface area contributed by atoms with Crippen molar-refractivity contribution in [3.63, 3.8) is 0 Å². The number of rotatable bonds is 5. The van der Waals surface area contributed by atoms with Gasteiger partial charge in [-0.1, -0.05) is 42.4 Å². The van der Waals surface area contributed by atoms with Crippen LogP contribution in [0.25, 0.3) is 10.9 Å². The normalized spacial score (nSPS) is 10.7. The summed E-state index contributed by atoms with van der Waals surface area (Å²) in [6, 6.07) is 16.3. The number of nitrogens with zero attached hydrogens (tertiary/aromatic N) is 2. The molecule has 3 rings (SSSR count). The van der Waals surface area contributed by atoms with Gasteiger partial charge in [0.25, 0.3) is 0 Å². The van der Waals surface area contributed by atoms with E-state index in [1.54, 1.807) is 6.26 Å². The first kappa shape index (κ1) is 15.5. The molecular formula is C18H19N3OS. The highest BCUT2D eigenvalue weighted by Gasteiger charge is 2.10. The standard InChI is InChI=1S/C18H19N3OS/c1-2-10-21(12-14-6-4-3-5-7-14)18(23)19-16-9-8-15-13-22-20-17(15)11-16/h3-9,11,13H,2,10,12H2,1H3,(H,19,23). The van der Waals surface area contributed by atoms with E-state index in [0.717, 1.165) is 41.2 Å². The number of aromatic nitrogens is 1. The molecule has 0 saturated carbocycles. The smallest absolute Gasteiger partial charge is 0.173 e. The van der Waals surface area contributed by atoms with Crippen molar-refractivity contribution in [1.29, 1.82) is 0 Å². The Labute approximate surface area is 141 Å². The molecule has 0 amide bonds. The molecule has 5 heteroatoms. The van der Waals surface area contributed by atoms with Crippen molar-refractivity contribution in [3.05, 3.63) is 60.4 Å². The first-order valence-corrected chi connectivity index (χ1v) is 8.11. The van der Waals surface area contributed by atoms with Gasteiger partial charge in [0.1, 0.15) is 11.8 Å². The fourth-order valence-electron chi connectivity index (χ4n) is 2.47. The largest absolute Gasteiger partial charge is 0.364 e. The molecule has 1 N–H and O–H groups in total. The topological polar surface area (TPSA) is 41.3 Å². The Bertz CT molecular complexity index is 785. The lowest BCUT2D eigenvalue weighted by Gasteiger charge is -2.25. The van der Waals surface area contributed by atoms with Gasteiger partial charge in [-0.15, -0.1) is 0 Å². The van der Waals surface area contributed by atoms with Crippen LogP contribution in [0.3, 0.4) is 0 Å². The summed E-state index contributed by atoms with van der Waals surface area (Å²) in [5, 5.41) is 8.97. The zero-order valence-corrected chi connectivity index (χ0v) is 13.8. The Morgan fingerprint density at radius 1 is 1.22 bits per heavy atom. The molecular weight excluding hydrogens is 306 g/mol. The molecule has 1 aromatic heterocycles. The summed E-state index contributed by atoms with van der Waals surface area (Å²) in [5.41, 5.74) is 2.99. The minimum absolute atomic E-state index is 0.721. The van der Waals surface area contributed by atoms with Crippen LogP contribution in [-0.2, 0) is 6.54 Å². The van der Waals surface area contributed by atoms with E-state index in [1.807, 2.05) is 24.3 Å². The maximum absolute atomic E-state index is 5.60. The van der Waals surface area contributed by atoms with Gasteiger partial charge in [0, 0.05) is 24.2 Å². The van der Waals surface area contributed by atoms with Crippen LogP contribution in [0.2, 0.25) is 0 Å². The van der Waals surface area contributed by atoms with E-state index in [1.165, 1.54) is 5.56 Å². The van der Waals surface area contributed by atoms with Crippen molar-refractivity contribution in [2.24, 2.45) is 0 Å². The van der Waals surface area contributed by atoms with Gasteiger partial charge in [0.15, 0.2) is 5.11 Å². The maximum Gasteiger partial charge on any atom is 0.173 e. The zero-order valence-electron chi connectivity index (χ0n) is 13.0. The lowest BCUT2D eigenvalue weighted by molar-refractivity contribution is 0.418. The molecule has 0 fully saturated rings. The van der Waals surface area contributed by atoms with Crippen LogP contribution >= 0.6 is 12.2 Å². The monoisotopic (exact) mass is 325 g/mol. The van der Waals surface area contributed by atoms with Gasteiger partial charge < -0.3 is 14.7 Å². The molecule has 2 aromatic carbocycles. The molecule has 0 aliphatic rings. The SMILES string of the molecule is CCCN(Cc1ccccc1)C(=S)Nc1ccc2conc2c1. The van der Waals surface area contributed by atoms with Crippen LogP contribution in [0.5, 0.6) is 0 Å². The Balaban J connectivity index is 1.72. The molecule has 0 spiro atoms. The second-order valence-corrected chi connectivity index (χ2v) is 5.81. The summed E-state index contributed by atoms with van der Waals surface area (Å²) in [6.45, 7) is 3.86. The summed E-state index contributed by atoms with van der Waals surface area (Å²) in [6.07, 6.45) is 2.67. The van der Waals surface area contributed by atoms with Crippen LogP contribution in [-0.4, -0.2) is 21.7 Å². The molecule has 0 aliphatic heterocycles. The van der Waals surface area contributed by atoms with E-state index in [-0.39, 0.29) is 0 Å². The van der Waals surface area contributed by atoms with Crippen LogP contribution in [0.15, 0.2) is 59.3 Å². The number of hydrogen-bond acceptors (Lipinski definition) is 3. The number of thiocarbonyl (C=S) groups is 1. The lowest BCUT2D eigenvalue weighted by Crippen LogP contribution is -2.34. The van der Waals surface area contributed by atoms with Gasteiger partial charge in [0.05, 0.1) is 0 Å². The van der Waals surface area contributed by atoms with Crippen molar-refractivity contribution < 1.29 is 4.52 Å². The third-order valence-electron chi connectivity index (χ3n) is 3.61. The number of nitrogens with one attached hydrogen (secondary N) is 1. The Morgan fingerprint density at radius 2 is 2.04 bits per heavy atom. The quantitative estimate of drug-likeness (QED) is 0.703. The number of benzene rings is 2. The maximum atomic E-state index is 5.60. The van der Waals surface area contributed by atoms with E-state index >= 15 is 0 Å². The lowest BCUT2D eigenvalue weighted by atomic mass is 10.2. The number of fused-ring (bicyclic) bond motifs is 1. The van der Waals surface area contributed by atoms with E-state index in [0.29, 0.717) is 0 Å². The molecule has 0 saturated heterocycles. The van der Waals surface area contributed by atoms with Gasteiger partial charge >= 0.3 is 0 Å². The van der Waals surface area contributed by atoms with Gasteiger partial charge in [-0.2, -0.15) is 0 Å².